The number of likely N-dealkylation sites (N-methyl/N-ethyl adjacent to an activating group) is 1. The summed E-state index contributed by atoms with van der Waals surface area (Å²) in [7, 11) is 6.21. The van der Waals surface area contributed by atoms with Crippen molar-refractivity contribution in [1.82, 2.24) is 0 Å². The number of quaternary nitrogens is 1. The highest BCUT2D eigenvalue weighted by Crippen LogP contribution is 2.78. The van der Waals surface area contributed by atoms with Crippen LogP contribution in [0.5, 0.6) is 0 Å². The number of carbonyl (C=O) groups is 1. The second kappa shape index (κ2) is 9.34. The molecule has 230 valence electrons. The first-order valence-corrected chi connectivity index (χ1v) is 16.5. The van der Waals surface area contributed by atoms with E-state index in [2.05, 4.69) is 69.6 Å². The Morgan fingerprint density at radius 1 is 0.800 bits per heavy atom. The molecule has 6 aliphatic rings. The van der Waals surface area contributed by atoms with Gasteiger partial charge in [-0.2, -0.15) is 0 Å². The smallest absolute Gasteiger partial charge is 0.362 e. The number of halogens is 1. The van der Waals surface area contributed by atoms with Gasteiger partial charge in [-0.25, -0.2) is 4.79 Å². The van der Waals surface area contributed by atoms with Crippen LogP contribution in [0.15, 0.2) is 0 Å². The number of esters is 1. The molecule has 40 heavy (non-hydrogen) atoms. The third-order valence-electron chi connectivity index (χ3n) is 15.0. The molecule has 6 fully saturated rings. The highest BCUT2D eigenvalue weighted by Gasteiger charge is 2.72. The summed E-state index contributed by atoms with van der Waals surface area (Å²) in [6.07, 6.45) is 13.6. The second-order valence-corrected chi connectivity index (χ2v) is 18.6. The van der Waals surface area contributed by atoms with Crippen molar-refractivity contribution < 1.29 is 31.2 Å². The molecule has 1 aliphatic heterocycles. The minimum absolute atomic E-state index is 0. The van der Waals surface area contributed by atoms with Crippen molar-refractivity contribution in [2.75, 3.05) is 34.3 Å². The number of hydrogen-bond donors (Lipinski definition) is 0. The maximum Gasteiger partial charge on any atom is 0.362 e. The number of rotatable bonds is 3. The van der Waals surface area contributed by atoms with Crippen molar-refractivity contribution in [2.45, 2.75) is 125 Å². The SMILES string of the molecule is CC1(C)CC[C@]23CC[C@]4(C)[C@H](CC[C@@H]5[C@@]6(C)CCC(OC(=O)C[N+](C)(C)C)C(C)(C)[C@@H]6CC[C@]54C)[C@H]2[C@H]1OC3.[Cl-]. The van der Waals surface area contributed by atoms with Gasteiger partial charge in [0.05, 0.1) is 33.9 Å². The standard InChI is InChI=1S/C35H60NO3.ClH/c1-30(2)17-19-35-20-18-33(6)23(28(35)29(30)38-22-35)11-12-25-32(5)15-14-26(39-27(37)21-36(8,9)10)31(3,4)24(32)13-16-34(25,33)7;/h23-26,28-29H,11-22H2,1-10H3;1H/q+1;/p-1/t23-,24+,25-,26?,28+,29-,32+,33-,34-,35-;/m1./s1. The number of hydrogen-bond acceptors (Lipinski definition) is 3. The lowest BCUT2D eigenvalue weighted by Gasteiger charge is -2.73. The van der Waals surface area contributed by atoms with Gasteiger partial charge in [0.2, 0.25) is 0 Å². The van der Waals surface area contributed by atoms with Crippen LogP contribution < -0.4 is 12.4 Å². The quantitative estimate of drug-likeness (QED) is 0.366. The highest BCUT2D eigenvalue weighted by atomic mass is 35.5. The molecule has 0 aromatic heterocycles. The number of ether oxygens (including phenoxy) is 2. The fourth-order valence-electron chi connectivity index (χ4n) is 12.7. The van der Waals surface area contributed by atoms with Gasteiger partial charge < -0.3 is 26.4 Å². The maximum absolute atomic E-state index is 12.9. The molecular weight excluding hydrogens is 518 g/mol. The van der Waals surface area contributed by atoms with E-state index in [9.17, 15) is 4.79 Å². The van der Waals surface area contributed by atoms with Crippen molar-refractivity contribution in [3.63, 3.8) is 0 Å². The summed E-state index contributed by atoms with van der Waals surface area (Å²) in [6.45, 7) is 19.5. The van der Waals surface area contributed by atoms with Crippen LogP contribution in [0.1, 0.15) is 113 Å². The van der Waals surface area contributed by atoms with Crippen molar-refractivity contribution in [3.05, 3.63) is 0 Å². The Morgan fingerprint density at radius 2 is 1.48 bits per heavy atom. The zero-order valence-corrected chi connectivity index (χ0v) is 28.3. The summed E-state index contributed by atoms with van der Waals surface area (Å²) >= 11 is 0. The largest absolute Gasteiger partial charge is 1.00 e. The summed E-state index contributed by atoms with van der Waals surface area (Å²) in [5, 5.41) is 0. The Labute approximate surface area is 252 Å². The molecule has 5 heteroatoms. The molecule has 2 bridgehead atoms. The zero-order chi connectivity index (χ0) is 28.4. The predicted octanol–water partition coefficient (Wildman–Crippen LogP) is 4.50. The molecule has 0 spiro atoms. The van der Waals surface area contributed by atoms with Crippen LogP contribution in [0.2, 0.25) is 0 Å². The van der Waals surface area contributed by atoms with Gasteiger partial charge in [0, 0.05) is 5.41 Å². The summed E-state index contributed by atoms with van der Waals surface area (Å²) < 4.78 is 13.7. The lowest BCUT2D eigenvalue weighted by molar-refractivity contribution is -0.862. The van der Waals surface area contributed by atoms with E-state index in [-0.39, 0.29) is 29.9 Å². The lowest BCUT2D eigenvalue weighted by atomic mass is 9.31. The average molecular weight is 578 g/mol. The summed E-state index contributed by atoms with van der Waals surface area (Å²) in [4.78, 5) is 12.9. The Bertz CT molecular complexity index is 1020. The van der Waals surface area contributed by atoms with Gasteiger partial charge in [0.25, 0.3) is 0 Å². The van der Waals surface area contributed by atoms with Crippen molar-refractivity contribution in [2.24, 2.45) is 56.2 Å². The summed E-state index contributed by atoms with van der Waals surface area (Å²) in [5.41, 5.74) is 1.90. The lowest BCUT2D eigenvalue weighted by Crippen LogP contribution is -3.00. The fourth-order valence-corrected chi connectivity index (χ4v) is 12.7. The molecular formula is C35H60ClNO3. The fraction of sp³-hybridized carbons (Fsp3) is 0.971. The van der Waals surface area contributed by atoms with Crippen LogP contribution in [0.3, 0.4) is 0 Å². The van der Waals surface area contributed by atoms with Gasteiger partial charge in [-0.3, -0.25) is 0 Å². The molecule has 0 aromatic rings. The van der Waals surface area contributed by atoms with E-state index in [0.29, 0.717) is 50.1 Å². The van der Waals surface area contributed by atoms with Gasteiger partial charge in [0.15, 0.2) is 6.54 Å². The van der Waals surface area contributed by atoms with Crippen molar-refractivity contribution >= 4 is 5.97 Å². The zero-order valence-electron chi connectivity index (χ0n) is 27.5. The third kappa shape index (κ3) is 4.14. The molecule has 0 radical (unpaired) electrons. The van der Waals surface area contributed by atoms with Gasteiger partial charge >= 0.3 is 5.97 Å². The normalized spacial score (nSPS) is 50.4. The first kappa shape index (κ1) is 31.1. The van der Waals surface area contributed by atoms with E-state index in [1.54, 1.807) is 0 Å². The molecule has 0 aromatic carbocycles. The minimum Gasteiger partial charge on any atom is -1.00 e. The van der Waals surface area contributed by atoms with Crippen LogP contribution in [0.4, 0.5) is 0 Å². The number of nitrogens with zero attached hydrogens (tertiary/aromatic N) is 1. The Hall–Kier alpha value is -0.320. The van der Waals surface area contributed by atoms with Gasteiger partial charge in [0.1, 0.15) is 6.10 Å². The predicted molar refractivity (Wildman–Crippen MR) is 157 cm³/mol. The monoisotopic (exact) mass is 577 g/mol. The molecule has 6 rings (SSSR count). The number of carbonyl (C=O) groups excluding carboxylic acids is 1. The van der Waals surface area contributed by atoms with Crippen LogP contribution in [-0.2, 0) is 14.3 Å². The van der Waals surface area contributed by atoms with Crippen molar-refractivity contribution in [1.29, 1.82) is 0 Å². The van der Waals surface area contributed by atoms with E-state index in [4.69, 9.17) is 9.47 Å². The van der Waals surface area contributed by atoms with Crippen LogP contribution in [0.25, 0.3) is 0 Å². The third-order valence-corrected chi connectivity index (χ3v) is 15.0. The first-order valence-electron chi connectivity index (χ1n) is 16.5. The molecule has 10 atom stereocenters. The molecule has 1 saturated heterocycles. The van der Waals surface area contributed by atoms with Crippen LogP contribution in [0, 0.1) is 56.2 Å². The minimum atomic E-state index is -0.0266. The van der Waals surface area contributed by atoms with Gasteiger partial charge in [-0.15, -0.1) is 0 Å². The van der Waals surface area contributed by atoms with Crippen LogP contribution >= 0.6 is 0 Å². The molecule has 0 N–H and O–H groups in total. The van der Waals surface area contributed by atoms with E-state index in [0.717, 1.165) is 30.8 Å². The highest BCUT2D eigenvalue weighted by molar-refractivity contribution is 5.70. The second-order valence-electron chi connectivity index (χ2n) is 18.6. The molecule has 0 amide bonds. The first-order chi connectivity index (χ1) is 17.9. The van der Waals surface area contributed by atoms with E-state index in [1.165, 1.54) is 57.8 Å². The van der Waals surface area contributed by atoms with Crippen molar-refractivity contribution in [3.8, 4) is 0 Å². The summed E-state index contributed by atoms with van der Waals surface area (Å²) in [5.74, 6) is 2.91. The van der Waals surface area contributed by atoms with Gasteiger partial charge in [-0.1, -0.05) is 48.5 Å². The molecule has 5 aliphatic carbocycles. The number of fused-ring (bicyclic) bond motifs is 5. The Morgan fingerprint density at radius 3 is 2.15 bits per heavy atom. The molecule has 1 unspecified atom stereocenters. The molecule has 1 heterocycles. The van der Waals surface area contributed by atoms with E-state index >= 15 is 0 Å². The Balaban J connectivity index is 0.00000323. The molecule has 5 saturated carbocycles. The molecule has 4 nitrogen and oxygen atoms in total. The Kier molecular flexibility index (Phi) is 7.27. The van der Waals surface area contributed by atoms with Gasteiger partial charge in [-0.05, 0) is 115 Å². The topological polar surface area (TPSA) is 35.5 Å². The summed E-state index contributed by atoms with van der Waals surface area (Å²) in [6, 6.07) is 0. The van der Waals surface area contributed by atoms with Crippen LogP contribution in [-0.4, -0.2) is 57.0 Å². The van der Waals surface area contributed by atoms with E-state index in [1.807, 2.05) is 0 Å². The maximum atomic E-state index is 12.9. The average Bonchev–Trinajstić information content (AvgIpc) is 3.14. The van der Waals surface area contributed by atoms with E-state index < -0.39 is 0 Å².